The molecule has 6 nitrogen and oxygen atoms in total. The molecule has 1 atom stereocenters. The van der Waals surface area contributed by atoms with Gasteiger partial charge in [0.25, 0.3) is 0 Å². The third-order valence-corrected chi connectivity index (χ3v) is 17.4. The van der Waals surface area contributed by atoms with Gasteiger partial charge in [0, 0.05) is 19.3 Å². The van der Waals surface area contributed by atoms with Crippen LogP contribution in [0.25, 0.3) is 0 Å². The van der Waals surface area contributed by atoms with Gasteiger partial charge in [-0.2, -0.15) is 0 Å². The van der Waals surface area contributed by atoms with E-state index in [0.717, 1.165) is 57.8 Å². The zero-order valence-electron chi connectivity index (χ0n) is 54.9. The van der Waals surface area contributed by atoms with Crippen LogP contribution in [0.1, 0.15) is 438 Å². The second kappa shape index (κ2) is 69.9. The number of ether oxygens (including phenoxy) is 3. The van der Waals surface area contributed by atoms with E-state index >= 15 is 0 Å². The lowest BCUT2D eigenvalue weighted by Crippen LogP contribution is -2.30. The number of carbonyl (C=O) groups is 3. The molecular weight excluding hydrogens is 985 g/mol. The monoisotopic (exact) mass is 1130 g/mol. The zero-order chi connectivity index (χ0) is 57.8. The molecule has 0 bridgehead atoms. The van der Waals surface area contributed by atoms with E-state index in [-0.39, 0.29) is 31.1 Å². The van der Waals surface area contributed by atoms with Crippen LogP contribution in [0.5, 0.6) is 0 Å². The third-order valence-electron chi connectivity index (χ3n) is 17.4. The van der Waals surface area contributed by atoms with Crippen LogP contribution in [-0.2, 0) is 28.6 Å². The smallest absolute Gasteiger partial charge is 0.306 e. The van der Waals surface area contributed by atoms with E-state index in [1.807, 2.05) is 0 Å². The molecule has 0 aliphatic heterocycles. The van der Waals surface area contributed by atoms with Crippen molar-refractivity contribution in [3.05, 3.63) is 0 Å². The van der Waals surface area contributed by atoms with Crippen molar-refractivity contribution >= 4 is 17.9 Å². The molecular formula is C74H144O6. The average Bonchev–Trinajstić information content (AvgIpc) is 3.46. The highest BCUT2D eigenvalue weighted by molar-refractivity contribution is 5.71. The standard InChI is InChI=1S/C74H144O6/c1-4-7-10-13-16-19-22-25-28-31-32-33-34-35-36-37-38-39-40-41-42-43-44-47-49-52-55-58-61-64-67-73(76)79-70-71(80-74(77)68-65-62-59-56-53-50-46-30-27-24-21-18-15-12-9-6-3)69-78-72(75)66-63-60-57-54-51-48-45-29-26-23-20-17-14-11-8-5-2/h71H,4-70H2,1-3H3. The highest BCUT2D eigenvalue weighted by Gasteiger charge is 2.20. The Kier molecular flexibility index (Phi) is 68.5. The van der Waals surface area contributed by atoms with Crippen molar-refractivity contribution in [2.75, 3.05) is 13.2 Å². The summed E-state index contributed by atoms with van der Waals surface area (Å²) >= 11 is 0. The molecule has 0 saturated heterocycles. The van der Waals surface area contributed by atoms with Gasteiger partial charge in [0.1, 0.15) is 13.2 Å². The predicted molar refractivity (Wildman–Crippen MR) is 349 cm³/mol. The van der Waals surface area contributed by atoms with Crippen LogP contribution >= 0.6 is 0 Å². The lowest BCUT2D eigenvalue weighted by atomic mass is 10.0. The summed E-state index contributed by atoms with van der Waals surface area (Å²) in [6, 6.07) is 0. The van der Waals surface area contributed by atoms with Gasteiger partial charge >= 0.3 is 17.9 Å². The third kappa shape index (κ3) is 67.2. The summed E-state index contributed by atoms with van der Waals surface area (Å²) in [6.07, 6.45) is 82.9. The fourth-order valence-electron chi connectivity index (χ4n) is 11.8. The van der Waals surface area contributed by atoms with Crippen molar-refractivity contribution in [1.29, 1.82) is 0 Å². The molecule has 0 saturated carbocycles. The van der Waals surface area contributed by atoms with Gasteiger partial charge < -0.3 is 14.2 Å². The molecule has 0 aromatic carbocycles. The first kappa shape index (κ1) is 78.4. The minimum absolute atomic E-state index is 0.0601. The Bertz CT molecular complexity index is 1200. The molecule has 0 aromatic heterocycles. The first-order valence-electron chi connectivity index (χ1n) is 37.0. The van der Waals surface area contributed by atoms with Crippen molar-refractivity contribution in [2.45, 2.75) is 444 Å². The van der Waals surface area contributed by atoms with Crippen LogP contribution in [0.15, 0.2) is 0 Å². The molecule has 0 aliphatic carbocycles. The van der Waals surface area contributed by atoms with Crippen molar-refractivity contribution < 1.29 is 28.6 Å². The van der Waals surface area contributed by atoms with Crippen LogP contribution in [0.3, 0.4) is 0 Å². The SMILES string of the molecule is CCCCCCCCCCCCCCCCCCCCCCCCCCCCCCCCC(=O)OCC(COC(=O)CCCCCCCCCCCCCCCCCC)OC(=O)CCCCCCCCCCCCCCCCCC. The average molecular weight is 1130 g/mol. The molecule has 0 amide bonds. The van der Waals surface area contributed by atoms with Gasteiger partial charge in [-0.05, 0) is 19.3 Å². The largest absolute Gasteiger partial charge is 0.462 e. The van der Waals surface area contributed by atoms with E-state index in [1.54, 1.807) is 0 Å². The quantitative estimate of drug-likeness (QED) is 0.0343. The van der Waals surface area contributed by atoms with E-state index in [9.17, 15) is 14.4 Å². The van der Waals surface area contributed by atoms with Crippen molar-refractivity contribution in [3.8, 4) is 0 Å². The van der Waals surface area contributed by atoms with Gasteiger partial charge in [-0.3, -0.25) is 14.4 Å². The second-order valence-electron chi connectivity index (χ2n) is 25.6. The number of hydrogen-bond acceptors (Lipinski definition) is 6. The molecule has 1 unspecified atom stereocenters. The summed E-state index contributed by atoms with van der Waals surface area (Å²) in [7, 11) is 0. The minimum atomic E-state index is -0.763. The highest BCUT2D eigenvalue weighted by atomic mass is 16.6. The Morgan fingerprint density at radius 1 is 0.200 bits per heavy atom. The molecule has 0 aliphatic rings. The van der Waals surface area contributed by atoms with Crippen molar-refractivity contribution in [2.24, 2.45) is 0 Å². The minimum Gasteiger partial charge on any atom is -0.462 e. The van der Waals surface area contributed by atoms with Crippen molar-refractivity contribution in [3.63, 3.8) is 0 Å². The Balaban J connectivity index is 4.13. The summed E-state index contributed by atoms with van der Waals surface area (Å²) in [5, 5.41) is 0. The lowest BCUT2D eigenvalue weighted by Gasteiger charge is -2.18. The fourth-order valence-corrected chi connectivity index (χ4v) is 11.8. The summed E-state index contributed by atoms with van der Waals surface area (Å²) < 4.78 is 17.0. The van der Waals surface area contributed by atoms with Crippen LogP contribution in [0, 0.1) is 0 Å². The van der Waals surface area contributed by atoms with Crippen LogP contribution in [-0.4, -0.2) is 37.2 Å². The van der Waals surface area contributed by atoms with E-state index in [4.69, 9.17) is 14.2 Å². The van der Waals surface area contributed by atoms with Crippen LogP contribution in [0.2, 0.25) is 0 Å². The predicted octanol–water partition coefficient (Wildman–Crippen LogP) is 25.4. The molecule has 0 fully saturated rings. The molecule has 0 radical (unpaired) electrons. The highest BCUT2D eigenvalue weighted by Crippen LogP contribution is 2.20. The topological polar surface area (TPSA) is 78.9 Å². The van der Waals surface area contributed by atoms with E-state index < -0.39 is 6.10 Å². The Morgan fingerprint density at radius 2 is 0.338 bits per heavy atom. The zero-order valence-corrected chi connectivity index (χ0v) is 54.9. The number of hydrogen-bond donors (Lipinski definition) is 0. The van der Waals surface area contributed by atoms with Gasteiger partial charge in [-0.1, -0.05) is 400 Å². The Morgan fingerprint density at radius 3 is 0.500 bits per heavy atom. The molecule has 6 heteroatoms. The Labute approximate surface area is 501 Å². The van der Waals surface area contributed by atoms with Gasteiger partial charge in [-0.15, -0.1) is 0 Å². The van der Waals surface area contributed by atoms with E-state index in [0.29, 0.717) is 19.3 Å². The summed E-state index contributed by atoms with van der Waals surface area (Å²) in [4.78, 5) is 38.4. The maximum Gasteiger partial charge on any atom is 0.306 e. The molecule has 0 rings (SSSR count). The summed E-state index contributed by atoms with van der Waals surface area (Å²) in [6.45, 7) is 6.75. The van der Waals surface area contributed by atoms with Crippen molar-refractivity contribution in [1.82, 2.24) is 0 Å². The maximum atomic E-state index is 12.9. The molecule has 0 aromatic rings. The lowest BCUT2D eigenvalue weighted by molar-refractivity contribution is -0.167. The number of unbranched alkanes of at least 4 members (excludes halogenated alkanes) is 59. The van der Waals surface area contributed by atoms with Gasteiger partial charge in [-0.25, -0.2) is 0 Å². The van der Waals surface area contributed by atoms with E-state index in [1.165, 1.54) is 340 Å². The summed E-state index contributed by atoms with van der Waals surface area (Å²) in [5.41, 5.74) is 0. The Hall–Kier alpha value is -1.59. The molecule has 0 spiro atoms. The van der Waals surface area contributed by atoms with Gasteiger partial charge in [0.2, 0.25) is 0 Å². The molecule has 80 heavy (non-hydrogen) atoms. The molecule has 0 N–H and O–H groups in total. The second-order valence-corrected chi connectivity index (χ2v) is 25.6. The number of esters is 3. The molecule has 0 heterocycles. The normalized spacial score (nSPS) is 11.9. The first-order chi connectivity index (χ1) is 39.5. The maximum absolute atomic E-state index is 12.9. The number of carbonyl (C=O) groups excluding carboxylic acids is 3. The van der Waals surface area contributed by atoms with Crippen LogP contribution in [0.4, 0.5) is 0 Å². The first-order valence-corrected chi connectivity index (χ1v) is 37.0. The fraction of sp³-hybridized carbons (Fsp3) is 0.959. The van der Waals surface area contributed by atoms with E-state index in [2.05, 4.69) is 20.8 Å². The van der Waals surface area contributed by atoms with Gasteiger partial charge in [0.05, 0.1) is 0 Å². The van der Waals surface area contributed by atoms with Crippen LogP contribution < -0.4 is 0 Å². The van der Waals surface area contributed by atoms with Gasteiger partial charge in [0.15, 0.2) is 6.10 Å². The number of rotatable bonds is 70. The summed E-state index contributed by atoms with van der Waals surface area (Å²) in [5.74, 6) is -0.818. The molecule has 476 valence electrons.